The van der Waals surface area contributed by atoms with Crippen LogP contribution in [0, 0.1) is 12.3 Å². The first-order chi connectivity index (χ1) is 20.4. The fourth-order valence-electron chi connectivity index (χ4n) is 4.94. The van der Waals surface area contributed by atoms with Crippen LogP contribution in [0.5, 0.6) is 0 Å². The molecule has 0 unspecified atom stereocenters. The summed E-state index contributed by atoms with van der Waals surface area (Å²) in [5.41, 5.74) is 5.17. The van der Waals surface area contributed by atoms with E-state index in [-0.39, 0.29) is 37.0 Å². The van der Waals surface area contributed by atoms with E-state index in [2.05, 4.69) is 34.0 Å². The van der Waals surface area contributed by atoms with Crippen molar-refractivity contribution in [3.63, 3.8) is 0 Å². The number of hydrogen-bond donors (Lipinski definition) is 1. The summed E-state index contributed by atoms with van der Waals surface area (Å²) in [5, 5.41) is 13.2. The molecule has 1 aromatic carbocycles. The van der Waals surface area contributed by atoms with Gasteiger partial charge in [0.05, 0.1) is 31.7 Å². The third-order valence-electron chi connectivity index (χ3n) is 7.13. The Labute approximate surface area is 241 Å². The largest absolute Gasteiger partial charge is 0.449 e. The number of hydrogen-bond acceptors (Lipinski definition) is 10. The fourth-order valence-corrected chi connectivity index (χ4v) is 4.94. The van der Waals surface area contributed by atoms with Crippen LogP contribution in [0.2, 0.25) is 0 Å². The van der Waals surface area contributed by atoms with Crippen molar-refractivity contribution in [3.8, 4) is 17.1 Å². The maximum Gasteiger partial charge on any atom is 0.253 e. The Kier molecular flexibility index (Phi) is 7.44. The van der Waals surface area contributed by atoms with Gasteiger partial charge in [0.15, 0.2) is 17.2 Å². The van der Waals surface area contributed by atoms with Crippen LogP contribution in [0.4, 0.5) is 5.82 Å². The molecular weight excluding hydrogens is 536 g/mol. The van der Waals surface area contributed by atoms with Crippen molar-refractivity contribution in [2.24, 2.45) is 4.99 Å². The molecule has 12 nitrogen and oxygen atoms in total. The standard InChI is InChI=1S/C30H30N8O4/c1-19-4-3-5-21(14-19)22-17-33-38(18-22)30-34-24-16-25(42-28(24)29(35-30)36-10-12-41-13-11-36)23(31)15-20(2)32-8-9-37-26(39)6-7-27(37)40/h3-7,14,16-18,31H,8-13,15H2,1-2H3. The zero-order chi connectivity index (χ0) is 29.2. The molecule has 0 bridgehead atoms. The lowest BCUT2D eigenvalue weighted by atomic mass is 10.1. The van der Waals surface area contributed by atoms with Gasteiger partial charge in [-0.2, -0.15) is 10.1 Å². The summed E-state index contributed by atoms with van der Waals surface area (Å²) in [5.74, 6) is 0.737. The normalized spacial score (nSPS) is 15.8. The third-order valence-corrected chi connectivity index (χ3v) is 7.13. The Morgan fingerprint density at radius 2 is 1.86 bits per heavy atom. The van der Waals surface area contributed by atoms with E-state index in [1.165, 1.54) is 12.2 Å². The molecule has 2 aliphatic heterocycles. The molecule has 1 N–H and O–H groups in total. The van der Waals surface area contributed by atoms with Gasteiger partial charge < -0.3 is 19.5 Å². The van der Waals surface area contributed by atoms with E-state index in [9.17, 15) is 9.59 Å². The number of ether oxygens (including phenoxy) is 1. The molecule has 1 saturated heterocycles. The number of benzene rings is 1. The highest BCUT2D eigenvalue weighted by atomic mass is 16.5. The molecule has 0 aliphatic carbocycles. The Bertz CT molecular complexity index is 1730. The predicted molar refractivity (Wildman–Crippen MR) is 157 cm³/mol. The van der Waals surface area contributed by atoms with E-state index in [4.69, 9.17) is 24.5 Å². The lowest BCUT2D eigenvalue weighted by molar-refractivity contribution is -0.136. The van der Waals surface area contributed by atoms with Crippen LogP contribution < -0.4 is 4.90 Å². The molecule has 42 heavy (non-hydrogen) atoms. The highest BCUT2D eigenvalue weighted by molar-refractivity contribution is 6.13. The summed E-state index contributed by atoms with van der Waals surface area (Å²) in [7, 11) is 0. The molecule has 6 rings (SSSR count). The first-order valence-electron chi connectivity index (χ1n) is 13.7. The first-order valence-corrected chi connectivity index (χ1v) is 13.7. The molecule has 2 aliphatic rings. The topological polar surface area (TPSA) is 143 Å². The summed E-state index contributed by atoms with van der Waals surface area (Å²) < 4.78 is 13.4. The van der Waals surface area contributed by atoms with Crippen LogP contribution in [0.25, 0.3) is 28.2 Å². The van der Waals surface area contributed by atoms with Gasteiger partial charge in [-0.1, -0.05) is 29.8 Å². The second-order valence-corrected chi connectivity index (χ2v) is 10.2. The average molecular weight is 567 g/mol. The van der Waals surface area contributed by atoms with Gasteiger partial charge in [0.25, 0.3) is 17.8 Å². The van der Waals surface area contributed by atoms with Crippen molar-refractivity contribution >= 4 is 40.2 Å². The van der Waals surface area contributed by atoms with Crippen molar-refractivity contribution in [2.45, 2.75) is 20.3 Å². The Morgan fingerprint density at radius 3 is 2.62 bits per heavy atom. The van der Waals surface area contributed by atoms with Crippen LogP contribution in [-0.2, 0) is 14.3 Å². The number of fused-ring (bicyclic) bond motifs is 1. The summed E-state index contributed by atoms with van der Waals surface area (Å²) >= 11 is 0. The van der Waals surface area contributed by atoms with Gasteiger partial charge in [0.2, 0.25) is 0 Å². The minimum Gasteiger partial charge on any atom is -0.449 e. The number of carbonyl (C=O) groups excluding carboxylic acids is 2. The van der Waals surface area contributed by atoms with Gasteiger partial charge in [-0.05, 0) is 19.4 Å². The van der Waals surface area contributed by atoms with E-state index in [1.807, 2.05) is 25.3 Å². The second-order valence-electron chi connectivity index (χ2n) is 10.2. The van der Waals surface area contributed by atoms with Crippen molar-refractivity contribution < 1.29 is 18.7 Å². The highest BCUT2D eigenvalue weighted by Crippen LogP contribution is 2.30. The minimum atomic E-state index is -0.332. The summed E-state index contributed by atoms with van der Waals surface area (Å²) in [4.78, 5) is 40.8. The zero-order valence-corrected chi connectivity index (χ0v) is 23.4. The first kappa shape index (κ1) is 27.2. The van der Waals surface area contributed by atoms with Crippen molar-refractivity contribution in [1.29, 1.82) is 5.41 Å². The third kappa shape index (κ3) is 5.61. The number of imide groups is 1. The number of carbonyl (C=O) groups is 2. The number of amides is 2. The molecule has 0 atom stereocenters. The number of rotatable bonds is 9. The molecule has 5 heterocycles. The van der Waals surface area contributed by atoms with Gasteiger partial charge in [0.1, 0.15) is 5.52 Å². The van der Waals surface area contributed by atoms with Crippen LogP contribution in [0.3, 0.4) is 0 Å². The smallest absolute Gasteiger partial charge is 0.253 e. The molecule has 1 fully saturated rings. The molecule has 214 valence electrons. The molecule has 0 radical (unpaired) electrons. The maximum atomic E-state index is 11.7. The maximum absolute atomic E-state index is 11.7. The Morgan fingerprint density at radius 1 is 1.07 bits per heavy atom. The van der Waals surface area contributed by atoms with E-state index >= 15 is 0 Å². The van der Waals surface area contributed by atoms with Crippen LogP contribution >= 0.6 is 0 Å². The Balaban J connectivity index is 1.26. The summed E-state index contributed by atoms with van der Waals surface area (Å²) in [6, 6.07) is 9.96. The van der Waals surface area contributed by atoms with Crippen molar-refractivity contribution in [3.05, 3.63) is 66.2 Å². The number of aromatic nitrogens is 4. The molecule has 0 spiro atoms. The van der Waals surface area contributed by atoms with Gasteiger partial charge in [0, 0.05) is 61.7 Å². The van der Waals surface area contributed by atoms with Gasteiger partial charge in [-0.15, -0.1) is 0 Å². The Hall–Kier alpha value is -4.97. The average Bonchev–Trinajstić information content (AvgIpc) is 3.73. The van der Waals surface area contributed by atoms with E-state index in [1.54, 1.807) is 16.9 Å². The van der Waals surface area contributed by atoms with E-state index in [0.29, 0.717) is 60.6 Å². The number of nitrogens with one attached hydrogen (secondary N) is 1. The number of morpholine rings is 1. The van der Waals surface area contributed by atoms with Crippen LogP contribution in [0.15, 0.2) is 64.3 Å². The van der Waals surface area contributed by atoms with Crippen LogP contribution in [0.1, 0.15) is 24.7 Å². The van der Waals surface area contributed by atoms with Gasteiger partial charge >= 0.3 is 0 Å². The molecule has 2 amide bonds. The molecule has 0 saturated carbocycles. The number of furan rings is 1. The molecular formula is C30H30N8O4. The molecule has 4 aromatic rings. The lowest BCUT2D eigenvalue weighted by Gasteiger charge is -2.27. The van der Waals surface area contributed by atoms with Crippen molar-refractivity contribution in [2.75, 3.05) is 44.3 Å². The highest BCUT2D eigenvalue weighted by Gasteiger charge is 2.24. The van der Waals surface area contributed by atoms with E-state index in [0.717, 1.165) is 21.6 Å². The van der Waals surface area contributed by atoms with Crippen molar-refractivity contribution in [1.82, 2.24) is 24.6 Å². The lowest BCUT2D eigenvalue weighted by Crippen LogP contribution is -2.37. The number of aliphatic imine (C=N–C) groups is 1. The molecule has 3 aromatic heterocycles. The SMILES string of the molecule is CC(CC(=N)c1cc2nc(-n3cc(-c4cccc(C)c4)cn3)nc(N3CCOCC3)c2o1)=NCCN1C(=O)C=CC1=O. The quantitative estimate of drug-likeness (QED) is 0.240. The summed E-state index contributed by atoms with van der Waals surface area (Å²) in [6.07, 6.45) is 6.45. The van der Waals surface area contributed by atoms with Gasteiger partial charge in [-0.25, -0.2) is 9.67 Å². The zero-order valence-electron chi connectivity index (χ0n) is 23.4. The predicted octanol–water partition coefficient (Wildman–Crippen LogP) is 3.36. The second kappa shape index (κ2) is 11.5. The monoisotopic (exact) mass is 566 g/mol. The van der Waals surface area contributed by atoms with Crippen LogP contribution in [-0.4, -0.2) is 87.3 Å². The number of anilines is 1. The van der Waals surface area contributed by atoms with E-state index < -0.39 is 0 Å². The number of aryl methyl sites for hydroxylation is 1. The molecule has 12 heteroatoms. The fraction of sp³-hybridized carbons (Fsp3) is 0.300. The van der Waals surface area contributed by atoms with Gasteiger partial charge in [-0.3, -0.25) is 19.5 Å². The minimum absolute atomic E-state index is 0.195. The number of nitrogens with zero attached hydrogens (tertiary/aromatic N) is 7. The summed E-state index contributed by atoms with van der Waals surface area (Å²) in [6.45, 7) is 6.77.